The maximum absolute atomic E-state index is 7.45. The van der Waals surface area contributed by atoms with Crippen LogP contribution < -0.4 is 5.73 Å². The van der Waals surface area contributed by atoms with Crippen LogP contribution in [0, 0.1) is 5.41 Å². The third-order valence-electron chi connectivity index (χ3n) is 3.18. The average molecular weight is 250 g/mol. The van der Waals surface area contributed by atoms with Gasteiger partial charge in [0.2, 0.25) is 0 Å². The highest BCUT2D eigenvalue weighted by Gasteiger charge is 2.16. The van der Waals surface area contributed by atoms with Crippen LogP contribution >= 0.6 is 0 Å². The maximum Gasteiger partial charge on any atom is 0.122 e. The first-order valence-corrected chi connectivity index (χ1v) is 6.16. The van der Waals surface area contributed by atoms with Gasteiger partial charge in [-0.25, -0.2) is 0 Å². The van der Waals surface area contributed by atoms with Crippen LogP contribution in [0.4, 0.5) is 5.69 Å². The van der Waals surface area contributed by atoms with Gasteiger partial charge < -0.3 is 5.73 Å². The molecule has 0 saturated carbocycles. The van der Waals surface area contributed by atoms with E-state index in [1.165, 1.54) is 5.56 Å². The molecule has 0 unspecified atom stereocenters. The van der Waals surface area contributed by atoms with Crippen LogP contribution in [-0.2, 0) is 12.8 Å². The quantitative estimate of drug-likeness (QED) is 0.647. The Morgan fingerprint density at radius 1 is 1.26 bits per heavy atom. The molecule has 19 heavy (non-hydrogen) atoms. The van der Waals surface area contributed by atoms with Gasteiger partial charge in [0.1, 0.15) is 5.84 Å². The summed E-state index contributed by atoms with van der Waals surface area (Å²) in [6, 6.07) is 11.7. The normalized spacial score (nSPS) is 12.9. The molecule has 0 amide bonds. The van der Waals surface area contributed by atoms with E-state index in [0.29, 0.717) is 0 Å². The number of aromatic nitrogens is 1. The molecule has 0 aliphatic carbocycles. The van der Waals surface area contributed by atoms with Crippen LogP contribution in [0.25, 0.3) is 0 Å². The molecule has 2 heterocycles. The van der Waals surface area contributed by atoms with Crippen molar-refractivity contribution in [2.24, 2.45) is 10.7 Å². The van der Waals surface area contributed by atoms with Crippen molar-refractivity contribution in [3.63, 3.8) is 0 Å². The summed E-state index contributed by atoms with van der Waals surface area (Å²) in [6.07, 6.45) is 3.42. The van der Waals surface area contributed by atoms with E-state index in [2.05, 4.69) is 9.98 Å². The summed E-state index contributed by atoms with van der Waals surface area (Å²) in [5, 5.41) is 7.45. The summed E-state index contributed by atoms with van der Waals surface area (Å²) in [5.74, 6) is 0.0798. The Bertz CT molecular complexity index is 659. The zero-order chi connectivity index (χ0) is 13.2. The Kier molecular flexibility index (Phi) is 2.83. The SMILES string of the molecule is N=C(N)c1ccc2c(c1)N=C(Cc1ccccn1)C2. The van der Waals surface area contributed by atoms with Crippen molar-refractivity contribution in [2.75, 3.05) is 0 Å². The van der Waals surface area contributed by atoms with E-state index in [-0.39, 0.29) is 5.84 Å². The van der Waals surface area contributed by atoms with Crippen molar-refractivity contribution in [1.82, 2.24) is 4.98 Å². The Morgan fingerprint density at radius 3 is 2.89 bits per heavy atom. The minimum Gasteiger partial charge on any atom is -0.384 e. The van der Waals surface area contributed by atoms with E-state index in [1.807, 2.05) is 36.4 Å². The van der Waals surface area contributed by atoms with Gasteiger partial charge in [-0.15, -0.1) is 0 Å². The summed E-state index contributed by atoms with van der Waals surface area (Å²) < 4.78 is 0. The number of nitrogens with zero attached hydrogens (tertiary/aromatic N) is 2. The topological polar surface area (TPSA) is 75.1 Å². The number of nitrogen functional groups attached to an aromatic ring is 1. The Morgan fingerprint density at radius 2 is 2.16 bits per heavy atom. The molecule has 2 aromatic rings. The number of hydrogen-bond acceptors (Lipinski definition) is 3. The molecule has 1 aliphatic heterocycles. The molecular weight excluding hydrogens is 236 g/mol. The first-order valence-electron chi connectivity index (χ1n) is 6.16. The molecule has 4 heteroatoms. The van der Waals surface area contributed by atoms with Crippen molar-refractivity contribution in [2.45, 2.75) is 12.8 Å². The highest BCUT2D eigenvalue weighted by atomic mass is 14.8. The van der Waals surface area contributed by atoms with Gasteiger partial charge >= 0.3 is 0 Å². The third-order valence-corrected chi connectivity index (χ3v) is 3.18. The lowest BCUT2D eigenvalue weighted by Crippen LogP contribution is -2.10. The maximum atomic E-state index is 7.45. The fourth-order valence-electron chi connectivity index (χ4n) is 2.23. The van der Waals surface area contributed by atoms with E-state index in [9.17, 15) is 0 Å². The molecule has 0 radical (unpaired) electrons. The molecule has 0 saturated heterocycles. The Balaban J connectivity index is 1.84. The number of aliphatic imine (C=N–C) groups is 1. The molecule has 0 atom stereocenters. The molecule has 0 spiro atoms. The van der Waals surface area contributed by atoms with E-state index in [4.69, 9.17) is 11.1 Å². The number of fused-ring (bicyclic) bond motifs is 1. The number of pyridine rings is 1. The van der Waals surface area contributed by atoms with Crippen LogP contribution in [0.5, 0.6) is 0 Å². The zero-order valence-electron chi connectivity index (χ0n) is 10.4. The molecule has 3 rings (SSSR count). The summed E-state index contributed by atoms with van der Waals surface area (Å²) in [6.45, 7) is 0. The molecule has 4 nitrogen and oxygen atoms in total. The van der Waals surface area contributed by atoms with Crippen LogP contribution in [-0.4, -0.2) is 16.5 Å². The van der Waals surface area contributed by atoms with E-state index in [0.717, 1.165) is 35.5 Å². The third kappa shape index (κ3) is 2.38. The van der Waals surface area contributed by atoms with Crippen molar-refractivity contribution in [3.8, 4) is 0 Å². The van der Waals surface area contributed by atoms with E-state index >= 15 is 0 Å². The van der Waals surface area contributed by atoms with E-state index < -0.39 is 0 Å². The smallest absolute Gasteiger partial charge is 0.122 e. The van der Waals surface area contributed by atoms with E-state index in [1.54, 1.807) is 6.20 Å². The van der Waals surface area contributed by atoms with Gasteiger partial charge in [0.15, 0.2) is 0 Å². The highest BCUT2D eigenvalue weighted by molar-refractivity contribution is 5.99. The minimum absolute atomic E-state index is 0.0798. The van der Waals surface area contributed by atoms with Gasteiger partial charge in [-0.05, 0) is 23.8 Å². The molecule has 1 aliphatic rings. The average Bonchev–Trinajstić information content (AvgIpc) is 2.80. The van der Waals surface area contributed by atoms with Gasteiger partial charge in [0, 0.05) is 36.0 Å². The van der Waals surface area contributed by atoms with Crippen molar-refractivity contribution >= 4 is 17.2 Å². The number of hydrogen-bond donors (Lipinski definition) is 2. The minimum atomic E-state index is 0.0798. The number of amidine groups is 1. The van der Waals surface area contributed by atoms with Crippen LogP contribution in [0.3, 0.4) is 0 Å². The lowest BCUT2D eigenvalue weighted by atomic mass is 10.0. The molecule has 0 fully saturated rings. The molecule has 0 bridgehead atoms. The number of benzene rings is 1. The monoisotopic (exact) mass is 250 g/mol. The summed E-state index contributed by atoms with van der Waals surface area (Å²) in [5.41, 5.74) is 10.5. The van der Waals surface area contributed by atoms with Gasteiger partial charge in [0.05, 0.1) is 5.69 Å². The standard InChI is InChI=1S/C15H14N4/c16-15(17)11-5-4-10-7-13(19-14(10)8-11)9-12-3-1-2-6-18-12/h1-6,8H,7,9H2,(H3,16,17). The summed E-state index contributed by atoms with van der Waals surface area (Å²) in [7, 11) is 0. The highest BCUT2D eigenvalue weighted by Crippen LogP contribution is 2.28. The molecule has 3 N–H and O–H groups in total. The van der Waals surface area contributed by atoms with Gasteiger partial charge in [-0.1, -0.05) is 18.2 Å². The second-order valence-electron chi connectivity index (χ2n) is 4.61. The molecule has 94 valence electrons. The summed E-state index contributed by atoms with van der Waals surface area (Å²) in [4.78, 5) is 8.93. The van der Waals surface area contributed by atoms with Crippen molar-refractivity contribution < 1.29 is 0 Å². The predicted octanol–water partition coefficient (Wildman–Crippen LogP) is 2.24. The lowest BCUT2D eigenvalue weighted by molar-refractivity contribution is 1.12. The van der Waals surface area contributed by atoms with Gasteiger partial charge in [0.25, 0.3) is 0 Å². The summed E-state index contributed by atoms with van der Waals surface area (Å²) >= 11 is 0. The largest absolute Gasteiger partial charge is 0.384 e. The predicted molar refractivity (Wildman–Crippen MR) is 76.2 cm³/mol. The zero-order valence-corrected chi connectivity index (χ0v) is 10.4. The second-order valence-corrected chi connectivity index (χ2v) is 4.61. The first kappa shape index (κ1) is 11.6. The van der Waals surface area contributed by atoms with Crippen molar-refractivity contribution in [1.29, 1.82) is 5.41 Å². The molecule has 1 aromatic heterocycles. The van der Waals surface area contributed by atoms with Crippen LogP contribution in [0.1, 0.15) is 16.8 Å². The molecule has 1 aromatic carbocycles. The fourth-order valence-corrected chi connectivity index (χ4v) is 2.23. The molecular formula is C15H14N4. The van der Waals surface area contributed by atoms with Crippen LogP contribution in [0.15, 0.2) is 47.6 Å². The number of nitrogens with one attached hydrogen (secondary N) is 1. The number of nitrogens with two attached hydrogens (primary N) is 1. The Labute approximate surface area is 111 Å². The Hall–Kier alpha value is -2.49. The lowest BCUT2D eigenvalue weighted by Gasteiger charge is -2.00. The van der Waals surface area contributed by atoms with Gasteiger partial charge in [-0.2, -0.15) is 0 Å². The van der Waals surface area contributed by atoms with Crippen molar-refractivity contribution in [3.05, 3.63) is 59.4 Å². The fraction of sp³-hybridized carbons (Fsp3) is 0.133. The van der Waals surface area contributed by atoms with Crippen LogP contribution in [0.2, 0.25) is 0 Å². The van der Waals surface area contributed by atoms with Gasteiger partial charge in [-0.3, -0.25) is 15.4 Å². The second kappa shape index (κ2) is 4.65. The first-order chi connectivity index (χ1) is 9.22. The number of rotatable bonds is 3.